The third-order valence-electron chi connectivity index (χ3n) is 23.9. The molecular weight excluding hydrogens is 2070 g/mol. The van der Waals surface area contributed by atoms with E-state index >= 15 is 0 Å². The number of para-hydroxylation sites is 6. The van der Waals surface area contributed by atoms with E-state index in [9.17, 15) is 9.50 Å². The van der Waals surface area contributed by atoms with Gasteiger partial charge in [0.05, 0.1) is 47.3 Å². The zero-order valence-electron chi connectivity index (χ0n) is 72.8. The zero-order valence-corrected chi connectivity index (χ0v) is 78.8. The number of fused-ring (bicyclic) bond motifs is 30. The molecule has 14 aromatic carbocycles. The molecule has 0 radical (unpaired) electrons. The Morgan fingerprint density at radius 2 is 0.721 bits per heavy atom. The second-order valence-corrected chi connectivity index (χ2v) is 34.4. The molecule has 1 aliphatic rings. The number of aromatic nitrogens is 16. The van der Waals surface area contributed by atoms with E-state index in [0.717, 1.165) is 165 Å². The molecule has 0 atom stereocenters. The largest absolute Gasteiger partial charge is 2.00 e. The van der Waals surface area contributed by atoms with Gasteiger partial charge in [0, 0.05) is 105 Å². The topological polar surface area (TPSA) is 196 Å². The molecule has 28 rings (SSSR count). The van der Waals surface area contributed by atoms with Crippen molar-refractivity contribution >= 4 is 195 Å². The van der Waals surface area contributed by atoms with Crippen molar-refractivity contribution < 1.29 is 41.4 Å². The van der Waals surface area contributed by atoms with Gasteiger partial charge in [-0.3, -0.25) is 22.3 Å². The number of hydrogen-bond donors (Lipinski definition) is 1. The normalized spacial score (nSPS) is 11.5. The first-order chi connectivity index (χ1) is 67.0. The Morgan fingerprint density at radius 1 is 0.324 bits per heavy atom. The molecule has 13 heterocycles. The minimum atomic E-state index is -1.00. The van der Waals surface area contributed by atoms with E-state index in [1.54, 1.807) is 43.5 Å². The molecule has 19 nitrogen and oxygen atoms in total. The van der Waals surface area contributed by atoms with Gasteiger partial charge >= 0.3 is 21.1 Å². The van der Waals surface area contributed by atoms with Crippen molar-refractivity contribution in [3.8, 4) is 57.3 Å². The number of aromatic hydroxyl groups is 1. The number of phenolic OH excluding ortho intramolecular Hbond substituents is 1. The van der Waals surface area contributed by atoms with Crippen molar-refractivity contribution in [1.82, 2.24) is 77.4 Å². The molecule has 0 unspecified atom stereocenters. The van der Waals surface area contributed by atoms with Crippen molar-refractivity contribution in [2.75, 3.05) is 7.15 Å². The average molecular weight is 2140 g/mol. The van der Waals surface area contributed by atoms with E-state index in [4.69, 9.17) is 10.8 Å². The summed E-state index contributed by atoms with van der Waals surface area (Å²) >= 11 is 10.3. The first-order valence-corrected chi connectivity index (χ1v) is 45.5. The van der Waals surface area contributed by atoms with Crippen molar-refractivity contribution in [3.63, 3.8) is 0 Å². The smallest absolute Gasteiger partial charge is 0.508 e. The minimum Gasteiger partial charge on any atom is -0.508 e. The van der Waals surface area contributed by atoms with Gasteiger partial charge in [0.2, 0.25) is 0 Å². The molecule has 0 saturated carbocycles. The van der Waals surface area contributed by atoms with Crippen molar-refractivity contribution in [2.24, 2.45) is 0 Å². The van der Waals surface area contributed by atoms with E-state index in [1.807, 2.05) is 183 Å². The van der Waals surface area contributed by atoms with Crippen LogP contribution in [0.5, 0.6) is 28.7 Å². The number of benzene rings is 14. The molecule has 1 N–H and O–H groups in total. The Hall–Kier alpha value is -16.0. The number of ether oxygens (including phenoxy) is 2. The molecule has 136 heavy (non-hydrogen) atoms. The summed E-state index contributed by atoms with van der Waals surface area (Å²) in [5.74, 6) is 5.57. The first-order valence-electron chi connectivity index (χ1n) is 43.8. The van der Waals surface area contributed by atoms with Crippen LogP contribution in [0.25, 0.3) is 176 Å². The van der Waals surface area contributed by atoms with Crippen LogP contribution in [-0.4, -0.2) is 89.7 Å². The molecule has 0 bridgehead atoms. The molecule has 656 valence electrons. The second kappa shape index (κ2) is 37.9. The summed E-state index contributed by atoms with van der Waals surface area (Å²) in [6.07, 6.45) is 13.4. The standard InChI is InChI=1S/C31H19N5O.C31H17N5O.C17H11BrN2.C14H9N3O.C13H9Br.C5H4BrN.CH3F.Pt/c2*1-3-9-27-23(7-1)22-14-12-20(17-26(22)31-34-33-19-35(27)31)37-21-13-15-25-24-8-2-4-10-28(24)36(29(25)18-21)30-11-5-6-16-32-30;18-12-8-9-14-13-5-1-2-6-15(13)20(16(14)11-12)17-7-3-4-10-19-17;18-9-5-6-10-11-3-1-2-4-13(11)17-8-15-16-14(17)12(10)7-9;14-11-5-6-13-10(8-11)7-9-3-1-2-4-12(9)13;6-5-3-1-2-4-7-5;1-2;/h1-19H;1-16,19H;1-11H;1-8,18H;1-6,8H,7H2;1-4H;1H3;/q;-2;;;;;;+2/i;;;;;;1D;. The van der Waals surface area contributed by atoms with E-state index in [2.05, 4.69) is 312 Å². The number of halogens is 4. The number of phenols is 1. The Labute approximate surface area is 816 Å². The second-order valence-electron chi connectivity index (χ2n) is 31.7. The van der Waals surface area contributed by atoms with Crippen LogP contribution in [0.3, 0.4) is 0 Å². The first kappa shape index (κ1) is 85.4. The fourth-order valence-corrected chi connectivity index (χ4v) is 19.2. The average Bonchev–Trinajstić information content (AvgIpc) is 1.59. The van der Waals surface area contributed by atoms with Gasteiger partial charge in [0.1, 0.15) is 58.3 Å². The van der Waals surface area contributed by atoms with Crippen LogP contribution in [0.1, 0.15) is 12.5 Å². The summed E-state index contributed by atoms with van der Waals surface area (Å²) in [5, 5.41) is 51.3. The maximum atomic E-state index is 9.96. The number of pyridine rings is 7. The van der Waals surface area contributed by atoms with Crippen LogP contribution in [0.4, 0.5) is 4.39 Å². The molecule has 0 aliphatic heterocycles. The summed E-state index contributed by atoms with van der Waals surface area (Å²) < 4.78 is 43.8. The van der Waals surface area contributed by atoms with Crippen LogP contribution in [-0.2, 0) is 27.5 Å². The number of rotatable bonds is 7. The Morgan fingerprint density at radius 3 is 1.27 bits per heavy atom. The van der Waals surface area contributed by atoms with Crippen molar-refractivity contribution in [1.29, 1.82) is 0 Å². The molecule has 0 fully saturated rings. The summed E-state index contributed by atoms with van der Waals surface area (Å²) in [7, 11) is -1.00. The van der Waals surface area contributed by atoms with Crippen molar-refractivity contribution in [2.45, 2.75) is 6.42 Å². The van der Waals surface area contributed by atoms with Crippen LogP contribution < -0.4 is 9.47 Å². The van der Waals surface area contributed by atoms with E-state index in [1.165, 1.54) is 53.9 Å². The Bertz CT molecular complexity index is 8900. The molecule has 27 aromatic rings. The number of nitrogens with zero attached hydrogens (tertiary/aromatic N) is 16. The monoisotopic (exact) mass is 2140 g/mol. The van der Waals surface area contributed by atoms with Gasteiger partial charge < -0.3 is 23.5 Å². The molecular formula is C112H72Br3FN16O3Pt. The number of hydrogen-bond acceptors (Lipinski definition) is 13. The zero-order chi connectivity index (χ0) is 91.7. The molecule has 1 aliphatic carbocycles. The summed E-state index contributed by atoms with van der Waals surface area (Å²) in [6.45, 7) is 0. The summed E-state index contributed by atoms with van der Waals surface area (Å²) in [6, 6.07) is 128. The predicted octanol–water partition coefficient (Wildman–Crippen LogP) is 28.4. The van der Waals surface area contributed by atoms with Gasteiger partial charge in [0.15, 0.2) is 11.3 Å². The van der Waals surface area contributed by atoms with Gasteiger partial charge in [-0.1, -0.05) is 224 Å². The van der Waals surface area contributed by atoms with Gasteiger partial charge in [-0.05, 0) is 224 Å². The van der Waals surface area contributed by atoms with Crippen LogP contribution in [0, 0.1) is 12.1 Å². The third-order valence-corrected chi connectivity index (χ3v) is 25.4. The molecule has 0 saturated heterocycles. The van der Waals surface area contributed by atoms with Crippen LogP contribution >= 0.6 is 47.8 Å². The fraction of sp³-hybridized carbons (Fsp3) is 0.0179. The quantitative estimate of drug-likeness (QED) is 0.0900. The maximum absolute atomic E-state index is 9.96. The SMILES string of the molecule is Brc1ccc2c(c1)Cc1ccccc1-2.Brc1ccc2c3ccccc3n(-c3ccccn3)c2c1.Brc1ccccn1.Oc1ccc2c3ccccc3n3cnnc3c2c1.[2H]CF.[Pt+2].[c-]1c(Oc2[c-]c3c(cc2)c2ccccc2n3-c2ccccn2)ccc2c1c1nncn1c1ccccc21.c1ccc(-n2c3ccccc3c3ccc(Oc4ccc5c6ccccc6n6cnnc6c5c4)cc32)nc1. The van der Waals surface area contributed by atoms with Gasteiger partial charge in [-0.15, -0.1) is 55.1 Å². The minimum absolute atomic E-state index is 0. The third kappa shape index (κ3) is 16.4. The predicted molar refractivity (Wildman–Crippen MR) is 548 cm³/mol. The molecule has 0 amide bonds. The Balaban J connectivity index is 0.000000104. The molecule has 0 spiro atoms. The maximum Gasteiger partial charge on any atom is 2.00 e. The van der Waals surface area contributed by atoms with Crippen LogP contribution in [0.2, 0.25) is 0 Å². The fourth-order valence-electron chi connectivity index (χ4n) is 18.2. The summed E-state index contributed by atoms with van der Waals surface area (Å²) in [5.41, 5.74) is 17.7. The van der Waals surface area contributed by atoms with E-state index < -0.39 is 7.15 Å². The van der Waals surface area contributed by atoms with E-state index in [0.29, 0.717) is 11.5 Å². The van der Waals surface area contributed by atoms with Crippen molar-refractivity contribution in [3.05, 3.63) is 438 Å². The van der Waals surface area contributed by atoms with Gasteiger partial charge in [-0.2, -0.15) is 11.2 Å². The molecule has 24 heteroatoms. The van der Waals surface area contributed by atoms with Crippen LogP contribution in [0.15, 0.2) is 415 Å². The summed E-state index contributed by atoms with van der Waals surface area (Å²) in [4.78, 5) is 17.6. The van der Waals surface area contributed by atoms with Gasteiger partial charge in [0.25, 0.3) is 0 Å². The van der Waals surface area contributed by atoms with E-state index in [-0.39, 0.29) is 26.8 Å². The molecule has 13 aromatic heterocycles. The van der Waals surface area contributed by atoms with Gasteiger partial charge in [-0.25, -0.2) is 19.9 Å². The Kier molecular flexibility index (Phi) is 23.8. The number of alkyl halides is 1.